The number of sulfonamides is 1. The van der Waals surface area contributed by atoms with E-state index in [9.17, 15) is 18.3 Å². The molecule has 2 aromatic heterocycles. The maximum Gasteiger partial charge on any atom is 0.407 e. The number of carbonyl (C=O) groups excluding carboxylic acids is 1. The molecule has 0 saturated heterocycles. The van der Waals surface area contributed by atoms with E-state index in [-0.39, 0.29) is 36.9 Å². The summed E-state index contributed by atoms with van der Waals surface area (Å²) in [6.07, 6.45) is 1.71. The maximum atomic E-state index is 14.0. The summed E-state index contributed by atoms with van der Waals surface area (Å²) in [5.41, 5.74) is 3.99. The van der Waals surface area contributed by atoms with Gasteiger partial charge in [0.15, 0.2) is 0 Å². The molecular weight excluding hydrogens is 574 g/mol. The van der Waals surface area contributed by atoms with Crippen LogP contribution in [0.1, 0.15) is 38.1 Å². The van der Waals surface area contributed by atoms with Crippen LogP contribution in [0.3, 0.4) is 0 Å². The fourth-order valence-corrected chi connectivity index (χ4v) is 6.84. The number of ether oxygens (including phenoxy) is 1. The van der Waals surface area contributed by atoms with Gasteiger partial charge in [0.1, 0.15) is 6.61 Å². The van der Waals surface area contributed by atoms with Gasteiger partial charge in [-0.05, 0) is 42.0 Å². The Bertz CT molecular complexity index is 1540. The van der Waals surface area contributed by atoms with Gasteiger partial charge in [0.05, 0.1) is 44.8 Å². The van der Waals surface area contributed by atoms with Crippen molar-refractivity contribution in [3.63, 3.8) is 0 Å². The van der Waals surface area contributed by atoms with Gasteiger partial charge in [-0.15, -0.1) is 11.3 Å². The fourth-order valence-electron chi connectivity index (χ4n) is 4.69. The minimum atomic E-state index is -4.00. The number of hydrogen-bond acceptors (Lipinski definition) is 8. The number of alkyl carbamates (subject to hydrolysis) is 1. The number of aliphatic hydroxyl groups excluding tert-OH is 1. The first kappa shape index (κ1) is 31.6. The van der Waals surface area contributed by atoms with E-state index in [2.05, 4.69) is 29.1 Å². The van der Waals surface area contributed by atoms with E-state index < -0.39 is 28.3 Å². The molecule has 2 N–H and O–H groups in total. The Hall–Kier alpha value is -3.32. The molecule has 2 aromatic carbocycles. The number of nitrogens with one attached hydrogen (secondary N) is 1. The first-order valence-electron chi connectivity index (χ1n) is 14.0. The Kier molecular flexibility index (Phi) is 10.7. The number of nitrogens with zero attached hydrogens (tertiary/aromatic N) is 4. The van der Waals surface area contributed by atoms with Crippen molar-refractivity contribution < 1.29 is 23.1 Å². The third-order valence-electron chi connectivity index (χ3n) is 6.65. The summed E-state index contributed by atoms with van der Waals surface area (Å²) in [6, 6.07) is 13.5. The number of aliphatic hydroxyl groups is 1. The lowest BCUT2D eigenvalue weighted by molar-refractivity contribution is 0.0876. The van der Waals surface area contributed by atoms with E-state index in [0.717, 1.165) is 16.0 Å². The number of imidazole rings is 1. The van der Waals surface area contributed by atoms with Crippen molar-refractivity contribution in [1.29, 1.82) is 0 Å². The SMILES string of the molecule is CC(C)CN(CC(O)C(Cc1ccccc1)NC(=O)OCc1cncs1)S(=O)(=O)c1ccc2ncn(CC(C)C)c2c1. The number of thiazole rings is 1. The summed E-state index contributed by atoms with van der Waals surface area (Å²) in [5.74, 6) is 0.352. The van der Waals surface area contributed by atoms with Gasteiger partial charge in [-0.2, -0.15) is 4.31 Å². The van der Waals surface area contributed by atoms with Crippen molar-refractivity contribution in [3.8, 4) is 0 Å². The Morgan fingerprint density at radius 1 is 1.10 bits per heavy atom. The summed E-state index contributed by atoms with van der Waals surface area (Å²) in [5, 5.41) is 14.2. The molecule has 42 heavy (non-hydrogen) atoms. The normalized spacial score (nSPS) is 13.6. The van der Waals surface area contributed by atoms with Crippen LogP contribution in [0.2, 0.25) is 0 Å². The number of hydrogen-bond donors (Lipinski definition) is 2. The van der Waals surface area contributed by atoms with Crippen molar-refractivity contribution in [1.82, 2.24) is 24.2 Å². The van der Waals surface area contributed by atoms with E-state index in [1.165, 1.54) is 15.6 Å². The number of carbonyl (C=O) groups is 1. The highest BCUT2D eigenvalue weighted by Gasteiger charge is 2.32. The van der Waals surface area contributed by atoms with Crippen LogP contribution < -0.4 is 5.32 Å². The molecule has 0 aliphatic heterocycles. The fraction of sp³-hybridized carbons (Fsp3) is 0.433. The summed E-state index contributed by atoms with van der Waals surface area (Å²) in [7, 11) is -4.00. The number of fused-ring (bicyclic) bond motifs is 1. The molecule has 10 nitrogen and oxygen atoms in total. The van der Waals surface area contributed by atoms with E-state index in [4.69, 9.17) is 4.74 Å². The van der Waals surface area contributed by atoms with E-state index in [0.29, 0.717) is 18.0 Å². The van der Waals surface area contributed by atoms with Crippen LogP contribution in [-0.2, 0) is 34.3 Å². The predicted octanol–water partition coefficient (Wildman–Crippen LogP) is 4.69. The quantitative estimate of drug-likeness (QED) is 0.211. The first-order chi connectivity index (χ1) is 20.0. The molecule has 2 unspecified atom stereocenters. The molecule has 4 aromatic rings. The Morgan fingerprint density at radius 3 is 2.52 bits per heavy atom. The molecule has 0 fully saturated rings. The second-order valence-electron chi connectivity index (χ2n) is 11.2. The minimum absolute atomic E-state index is 0.00734. The molecular formula is C30H39N5O5S2. The van der Waals surface area contributed by atoms with Crippen molar-refractivity contribution in [3.05, 3.63) is 77.0 Å². The molecule has 0 bridgehead atoms. The Labute approximate surface area is 251 Å². The van der Waals surface area contributed by atoms with Crippen molar-refractivity contribution in [2.75, 3.05) is 13.1 Å². The summed E-state index contributed by atoms with van der Waals surface area (Å²) >= 11 is 1.37. The van der Waals surface area contributed by atoms with E-state index in [1.54, 1.807) is 36.2 Å². The Morgan fingerprint density at radius 2 is 1.86 bits per heavy atom. The topological polar surface area (TPSA) is 127 Å². The van der Waals surface area contributed by atoms with Crippen molar-refractivity contribution >= 4 is 38.5 Å². The molecule has 0 aliphatic rings. The lowest BCUT2D eigenvalue weighted by Gasteiger charge is -2.30. The van der Waals surface area contributed by atoms with Crippen molar-refractivity contribution in [2.24, 2.45) is 11.8 Å². The van der Waals surface area contributed by atoms with Crippen LogP contribution in [0, 0.1) is 11.8 Å². The molecule has 226 valence electrons. The highest BCUT2D eigenvalue weighted by Crippen LogP contribution is 2.24. The molecule has 12 heteroatoms. The maximum absolute atomic E-state index is 14.0. The predicted molar refractivity (Wildman–Crippen MR) is 164 cm³/mol. The van der Waals surface area contributed by atoms with Crippen LogP contribution in [0.25, 0.3) is 11.0 Å². The summed E-state index contributed by atoms with van der Waals surface area (Å²) in [6.45, 7) is 8.76. The number of amides is 1. The molecule has 2 atom stereocenters. The monoisotopic (exact) mass is 613 g/mol. The van der Waals surface area contributed by atoms with Gasteiger partial charge in [0.25, 0.3) is 0 Å². The molecule has 0 radical (unpaired) electrons. The lowest BCUT2D eigenvalue weighted by atomic mass is 10.0. The third kappa shape index (κ3) is 8.37. The lowest BCUT2D eigenvalue weighted by Crippen LogP contribution is -2.51. The van der Waals surface area contributed by atoms with Gasteiger partial charge >= 0.3 is 6.09 Å². The molecule has 0 saturated carbocycles. The highest BCUT2D eigenvalue weighted by atomic mass is 32.2. The first-order valence-corrected chi connectivity index (χ1v) is 16.3. The standard InChI is InChI=1S/C30H39N5O5S2/c1-21(2)15-34-19-32-26-11-10-25(13-28(26)34)42(38,39)35(16-22(3)4)17-29(36)27(12-23-8-6-5-7-9-23)33-30(37)40-18-24-14-31-20-41-24/h5-11,13-14,19-22,27,29,36H,12,15-18H2,1-4H3,(H,33,37). The molecule has 2 heterocycles. The molecule has 1 amide bonds. The number of aromatic nitrogens is 3. The van der Waals surface area contributed by atoms with Gasteiger partial charge in [-0.3, -0.25) is 4.98 Å². The molecule has 4 rings (SSSR count). The Balaban J connectivity index is 1.57. The zero-order valence-corrected chi connectivity index (χ0v) is 26.0. The molecule has 0 spiro atoms. The number of benzene rings is 2. The van der Waals surface area contributed by atoms with Gasteiger partial charge in [-0.25, -0.2) is 18.2 Å². The van der Waals surface area contributed by atoms with Crippen LogP contribution >= 0.6 is 11.3 Å². The van der Waals surface area contributed by atoms with E-state index >= 15 is 0 Å². The van der Waals surface area contributed by atoms with Crippen LogP contribution in [-0.4, -0.2) is 63.7 Å². The average Bonchev–Trinajstić information content (AvgIpc) is 3.61. The average molecular weight is 614 g/mol. The smallest absolute Gasteiger partial charge is 0.407 e. The largest absolute Gasteiger partial charge is 0.444 e. The van der Waals surface area contributed by atoms with Gasteiger partial charge in [0.2, 0.25) is 10.0 Å². The van der Waals surface area contributed by atoms with Crippen molar-refractivity contribution in [2.45, 2.75) is 64.3 Å². The van der Waals surface area contributed by atoms with Crippen LogP contribution in [0.15, 0.2) is 71.5 Å². The minimum Gasteiger partial charge on any atom is -0.444 e. The van der Waals surface area contributed by atoms with Gasteiger partial charge in [-0.1, -0.05) is 58.0 Å². The number of rotatable bonds is 14. The van der Waals surface area contributed by atoms with Gasteiger partial charge < -0.3 is 19.7 Å². The second-order valence-corrected chi connectivity index (χ2v) is 14.1. The highest BCUT2D eigenvalue weighted by molar-refractivity contribution is 7.89. The van der Waals surface area contributed by atoms with Crippen LogP contribution in [0.5, 0.6) is 0 Å². The summed E-state index contributed by atoms with van der Waals surface area (Å²) < 4.78 is 36.6. The summed E-state index contributed by atoms with van der Waals surface area (Å²) in [4.78, 5) is 22.0. The zero-order valence-electron chi connectivity index (χ0n) is 24.4. The van der Waals surface area contributed by atoms with Crippen LogP contribution in [0.4, 0.5) is 4.79 Å². The zero-order chi connectivity index (χ0) is 30.3. The molecule has 0 aliphatic carbocycles. The third-order valence-corrected chi connectivity index (χ3v) is 9.23. The van der Waals surface area contributed by atoms with Gasteiger partial charge in [0, 0.05) is 25.8 Å². The van der Waals surface area contributed by atoms with E-state index in [1.807, 2.05) is 48.7 Å². The second kappa shape index (κ2) is 14.2.